The summed E-state index contributed by atoms with van der Waals surface area (Å²) < 4.78 is 95.9. The maximum Gasteiger partial charge on any atom is 0.410 e. The fraction of sp³-hybridized carbons (Fsp3) is 0.542. The standard InChI is InChI=1S/C24H31FN4O5S.C17H24ClN3O3.C7H8FNO2S/c1-14-21(28-19-9-8-17(10-18(19)25)35(5,31)32)26-13-27-22(14)33-20-15-6-7-16(20)12-29(11-15)23(30)34-24(2,3)4;1-10-14(18)19-9-20-15(10)23-13-11-5-6-12(13)8-21(7-11)16(22)24-17(2,3)4;1-12(10,11)5-2-3-7(9)6(8)4-5/h8-10,13,15-16,20H,6-7,11-12H2,1-5H3,(H,26,27,28);9,11-13H,5-8H2,1-4H3;2-4H,9H2,1H3. The minimum absolute atomic E-state index is 0.0533. The van der Waals surface area contributed by atoms with Crippen LogP contribution in [0.15, 0.2) is 58.8 Å². The molecule has 2 amide bonds. The first-order valence-corrected chi connectivity index (χ1v) is 27.2. The number of nitrogens with one attached hydrogen (secondary N) is 1. The maximum atomic E-state index is 14.5. The van der Waals surface area contributed by atoms with Crippen molar-refractivity contribution in [3.8, 4) is 11.8 Å². The molecule has 2 aliphatic carbocycles. The van der Waals surface area contributed by atoms with Gasteiger partial charge in [-0.15, -0.1) is 0 Å². The highest BCUT2D eigenvalue weighted by Crippen LogP contribution is 2.42. The van der Waals surface area contributed by atoms with Crippen LogP contribution in [0.1, 0.15) is 78.4 Å². The third-order valence-electron chi connectivity index (χ3n) is 12.3. The molecule has 0 radical (unpaired) electrons. The SMILES string of the molecule is CS(=O)(=O)c1ccc(N)c(F)c1.Cc1c(Cl)ncnc1OC1C2CCC1CN(C(=O)OC(C)(C)C)C2.Cc1c(Nc2ccc(S(C)(=O)=O)cc2F)ncnc1OC1C2CCC1CN(C(=O)OC(C)(C)C)C2. The number of likely N-dealkylation sites (tertiary alicyclic amines) is 2. The molecule has 2 aromatic carbocycles. The van der Waals surface area contributed by atoms with Gasteiger partial charge < -0.3 is 39.8 Å². The summed E-state index contributed by atoms with van der Waals surface area (Å²) in [6.07, 6.45) is 8.21. The van der Waals surface area contributed by atoms with Gasteiger partial charge in [-0.2, -0.15) is 0 Å². The van der Waals surface area contributed by atoms with Gasteiger partial charge in [-0.05, 0) is 117 Å². The monoisotopic (exact) mass is 1050 g/mol. The number of hydrogen-bond donors (Lipinski definition) is 2. The molecule has 2 saturated heterocycles. The van der Waals surface area contributed by atoms with Gasteiger partial charge in [-0.3, -0.25) is 0 Å². The van der Waals surface area contributed by atoms with Gasteiger partial charge >= 0.3 is 12.2 Å². The molecular formula is C48H63ClF2N8O10S2. The highest BCUT2D eigenvalue weighted by atomic mass is 35.5. The quantitative estimate of drug-likeness (QED) is 0.125. The molecular weight excluding hydrogens is 986 g/mol. The molecule has 2 aromatic heterocycles. The molecule has 4 fully saturated rings. The van der Waals surface area contributed by atoms with Crippen molar-refractivity contribution in [2.45, 2.75) is 114 Å². The second-order valence-corrected chi connectivity index (χ2v) is 24.8. The molecule has 2 aliphatic heterocycles. The van der Waals surface area contributed by atoms with E-state index < -0.39 is 42.5 Å². The molecule has 4 atom stereocenters. The number of piperidine rings is 2. The number of sulfone groups is 2. The second-order valence-electron chi connectivity index (χ2n) is 20.4. The molecule has 4 aromatic rings. The zero-order valence-electron chi connectivity index (χ0n) is 41.5. The summed E-state index contributed by atoms with van der Waals surface area (Å²) in [6, 6.07) is 7.08. The minimum atomic E-state index is -3.52. The van der Waals surface area contributed by atoms with E-state index in [1.54, 1.807) is 11.8 Å². The lowest BCUT2D eigenvalue weighted by atomic mass is 9.95. The molecule has 71 heavy (non-hydrogen) atoms. The van der Waals surface area contributed by atoms with Crippen molar-refractivity contribution in [1.29, 1.82) is 0 Å². The van der Waals surface area contributed by atoms with E-state index in [9.17, 15) is 35.2 Å². The predicted octanol–water partition coefficient (Wildman–Crippen LogP) is 8.37. The lowest BCUT2D eigenvalue weighted by Crippen LogP contribution is -2.50. The molecule has 18 nitrogen and oxygen atoms in total. The Bertz CT molecular complexity index is 2810. The zero-order valence-corrected chi connectivity index (χ0v) is 43.9. The van der Waals surface area contributed by atoms with Gasteiger partial charge in [0.2, 0.25) is 11.8 Å². The molecule has 8 rings (SSSR count). The molecule has 4 aliphatic rings. The Morgan fingerprint density at radius 3 is 1.48 bits per heavy atom. The summed E-state index contributed by atoms with van der Waals surface area (Å²) in [6.45, 7) is 17.3. The molecule has 0 spiro atoms. The van der Waals surface area contributed by atoms with Crippen LogP contribution in [0.25, 0.3) is 0 Å². The topological polar surface area (TPSA) is 235 Å². The Hall–Kier alpha value is -5.61. The highest BCUT2D eigenvalue weighted by Gasteiger charge is 2.47. The van der Waals surface area contributed by atoms with Crippen molar-refractivity contribution in [2.24, 2.45) is 23.7 Å². The first-order valence-electron chi connectivity index (χ1n) is 23.1. The lowest BCUT2D eigenvalue weighted by Gasteiger charge is -2.38. The summed E-state index contributed by atoms with van der Waals surface area (Å²) in [4.78, 5) is 44.9. The van der Waals surface area contributed by atoms with Gasteiger partial charge in [0.05, 0.1) is 26.7 Å². The van der Waals surface area contributed by atoms with Crippen LogP contribution in [0.5, 0.6) is 11.8 Å². The molecule has 4 bridgehead atoms. The number of fused-ring (bicyclic) bond motifs is 4. The molecule has 2 saturated carbocycles. The molecule has 3 N–H and O–H groups in total. The van der Waals surface area contributed by atoms with Crippen molar-refractivity contribution in [2.75, 3.05) is 49.7 Å². The molecule has 4 unspecified atom stereocenters. The predicted molar refractivity (Wildman–Crippen MR) is 262 cm³/mol. The van der Waals surface area contributed by atoms with Crippen molar-refractivity contribution < 1.29 is 54.2 Å². The van der Waals surface area contributed by atoms with Crippen LogP contribution in [-0.4, -0.2) is 121 Å². The van der Waals surface area contributed by atoms with E-state index in [0.29, 0.717) is 66.3 Å². The van der Waals surface area contributed by atoms with Crippen LogP contribution in [-0.2, 0) is 29.1 Å². The smallest absolute Gasteiger partial charge is 0.410 e. The van der Waals surface area contributed by atoms with Crippen molar-refractivity contribution in [3.63, 3.8) is 0 Å². The number of rotatable bonds is 8. The number of anilines is 3. The van der Waals surface area contributed by atoms with Crippen molar-refractivity contribution in [3.05, 3.63) is 77.0 Å². The van der Waals surface area contributed by atoms with Crippen LogP contribution in [0.3, 0.4) is 0 Å². The summed E-state index contributed by atoms with van der Waals surface area (Å²) >= 11 is 6.05. The van der Waals surface area contributed by atoms with E-state index in [-0.39, 0.29) is 57.4 Å². The van der Waals surface area contributed by atoms with E-state index in [0.717, 1.165) is 55.9 Å². The van der Waals surface area contributed by atoms with Crippen LogP contribution >= 0.6 is 11.6 Å². The first kappa shape index (κ1) is 54.7. The molecule has 23 heteroatoms. The lowest BCUT2D eigenvalue weighted by molar-refractivity contribution is -0.00859. The van der Waals surface area contributed by atoms with E-state index in [4.69, 9.17) is 36.3 Å². The van der Waals surface area contributed by atoms with E-state index in [1.165, 1.54) is 36.9 Å². The van der Waals surface area contributed by atoms with Gasteiger partial charge in [0.25, 0.3) is 0 Å². The van der Waals surface area contributed by atoms with Gasteiger partial charge in [-0.1, -0.05) is 11.6 Å². The second kappa shape index (κ2) is 21.6. The highest BCUT2D eigenvalue weighted by molar-refractivity contribution is 7.91. The first-order chi connectivity index (χ1) is 33.0. The number of hydrogen-bond acceptors (Lipinski definition) is 16. The number of amides is 2. The number of aromatic nitrogens is 4. The number of nitrogens with two attached hydrogens (primary N) is 1. The Morgan fingerprint density at radius 1 is 0.662 bits per heavy atom. The average molecular weight is 1050 g/mol. The summed E-state index contributed by atoms with van der Waals surface area (Å²) in [5.41, 5.74) is 5.54. The van der Waals surface area contributed by atoms with Gasteiger partial charge in [-0.25, -0.2) is 55.1 Å². The van der Waals surface area contributed by atoms with Crippen LogP contribution in [0.4, 0.5) is 35.6 Å². The largest absolute Gasteiger partial charge is 0.473 e. The Balaban J connectivity index is 0.000000197. The van der Waals surface area contributed by atoms with Crippen LogP contribution in [0, 0.1) is 49.2 Å². The number of halogens is 3. The Kier molecular flexibility index (Phi) is 16.7. The van der Waals surface area contributed by atoms with Crippen molar-refractivity contribution >= 4 is 60.7 Å². The normalized spacial score (nSPS) is 21.8. The Morgan fingerprint density at radius 2 is 1.07 bits per heavy atom. The minimum Gasteiger partial charge on any atom is -0.473 e. The number of benzene rings is 2. The van der Waals surface area contributed by atoms with Crippen LogP contribution in [0.2, 0.25) is 5.15 Å². The number of nitrogens with zero attached hydrogens (tertiary/aromatic N) is 6. The van der Waals surface area contributed by atoms with Gasteiger partial charge in [0.15, 0.2) is 19.7 Å². The molecule has 388 valence electrons. The van der Waals surface area contributed by atoms with Gasteiger partial charge in [0.1, 0.15) is 58.7 Å². The average Bonchev–Trinajstić information content (AvgIpc) is 3.60. The zero-order chi connectivity index (χ0) is 52.4. The fourth-order valence-corrected chi connectivity index (χ4v) is 10.2. The third-order valence-corrected chi connectivity index (χ3v) is 14.9. The van der Waals surface area contributed by atoms with Gasteiger partial charge in [0, 0.05) is 67.9 Å². The number of nitrogen functional groups attached to an aromatic ring is 1. The Labute approximate surface area is 419 Å². The summed E-state index contributed by atoms with van der Waals surface area (Å²) in [5, 5.41) is 3.32. The fourth-order valence-electron chi connectivity index (χ4n) is 8.84. The van der Waals surface area contributed by atoms with E-state index in [2.05, 4.69) is 25.3 Å². The van der Waals surface area contributed by atoms with E-state index in [1.807, 2.05) is 53.4 Å². The van der Waals surface area contributed by atoms with Crippen molar-refractivity contribution in [1.82, 2.24) is 29.7 Å². The maximum absolute atomic E-state index is 14.5. The summed E-state index contributed by atoms with van der Waals surface area (Å²) in [5.74, 6) is 0.791. The molecule has 4 heterocycles. The number of carbonyl (C=O) groups excluding carboxylic acids is 2. The van der Waals surface area contributed by atoms with Crippen LogP contribution < -0.4 is 20.5 Å². The third kappa shape index (κ3) is 14.3. The van der Waals surface area contributed by atoms with E-state index >= 15 is 0 Å². The number of carbonyl (C=O) groups is 2. The number of ether oxygens (including phenoxy) is 4. The summed E-state index contributed by atoms with van der Waals surface area (Å²) in [7, 11) is -6.85.